The lowest BCUT2D eigenvalue weighted by atomic mass is 9.81. The molecule has 1 heteroatoms. The Morgan fingerprint density at radius 3 is 2.15 bits per heavy atom. The Hall–Kier alpha value is -2.41. The Labute approximate surface area is 155 Å². The van der Waals surface area contributed by atoms with Gasteiger partial charge >= 0.3 is 0 Å². The molecule has 1 aliphatic carbocycles. The normalized spacial score (nSPS) is 14.8. The molecule has 0 atom stereocenters. The molecule has 26 heavy (non-hydrogen) atoms. The van der Waals surface area contributed by atoms with Crippen molar-refractivity contribution in [2.45, 2.75) is 45.4 Å². The molecule has 0 aromatic heterocycles. The molecular weight excluding hydrogens is 319 g/mol. The third-order valence-corrected chi connectivity index (χ3v) is 5.68. The first-order valence-corrected chi connectivity index (χ1v) is 9.24. The zero-order chi connectivity index (χ0) is 18.7. The average Bonchev–Trinajstić information content (AvgIpc) is 2.82. The van der Waals surface area contributed by atoms with Crippen LogP contribution < -0.4 is 0 Å². The fraction of sp³-hybridized carbons (Fsp3) is 0.280. The van der Waals surface area contributed by atoms with Crippen molar-refractivity contribution >= 4 is 0 Å². The zero-order valence-corrected chi connectivity index (χ0v) is 16.2. The third-order valence-electron chi connectivity index (χ3n) is 5.68. The molecule has 4 rings (SSSR count). The molecule has 0 spiro atoms. The SMILES string of the molecule is CC(C)(C)c1cc(F)cc(-c2cccc3c2-c2ccccc2C3(C)C)c1. The first-order valence-electron chi connectivity index (χ1n) is 9.24. The van der Waals surface area contributed by atoms with Gasteiger partial charge in [0.25, 0.3) is 0 Å². The molecule has 3 aromatic rings. The molecule has 0 heterocycles. The molecule has 0 radical (unpaired) electrons. The molecule has 0 amide bonds. The van der Waals surface area contributed by atoms with E-state index in [-0.39, 0.29) is 16.6 Å². The van der Waals surface area contributed by atoms with E-state index >= 15 is 0 Å². The number of rotatable bonds is 1. The fourth-order valence-corrected chi connectivity index (χ4v) is 4.17. The van der Waals surface area contributed by atoms with Crippen LogP contribution in [0.4, 0.5) is 4.39 Å². The lowest BCUT2D eigenvalue weighted by Crippen LogP contribution is -2.14. The summed E-state index contributed by atoms with van der Waals surface area (Å²) >= 11 is 0. The van der Waals surface area contributed by atoms with Gasteiger partial charge in [-0.1, -0.05) is 83.1 Å². The molecule has 0 N–H and O–H groups in total. The number of fused-ring (bicyclic) bond motifs is 3. The minimum Gasteiger partial charge on any atom is -0.207 e. The first kappa shape index (κ1) is 17.0. The maximum atomic E-state index is 14.4. The second kappa shape index (κ2) is 5.54. The largest absolute Gasteiger partial charge is 0.207 e. The minimum absolute atomic E-state index is 0.0396. The van der Waals surface area contributed by atoms with Crippen LogP contribution in [0.25, 0.3) is 22.3 Å². The van der Waals surface area contributed by atoms with Crippen LogP contribution in [-0.2, 0) is 10.8 Å². The standard InChI is InChI=1S/C25H25F/c1-24(2,3)17-13-16(14-18(26)15-17)19-10-8-12-22-23(19)20-9-6-7-11-21(20)25(22,4)5/h6-15H,1-5H3. The zero-order valence-electron chi connectivity index (χ0n) is 16.2. The molecule has 0 nitrogen and oxygen atoms in total. The lowest BCUT2D eigenvalue weighted by molar-refractivity contribution is 0.573. The van der Waals surface area contributed by atoms with Crippen LogP contribution in [0.3, 0.4) is 0 Å². The van der Waals surface area contributed by atoms with E-state index in [0.29, 0.717) is 0 Å². The molecule has 0 saturated carbocycles. The van der Waals surface area contributed by atoms with Crippen molar-refractivity contribution in [1.82, 2.24) is 0 Å². The Kier molecular flexibility index (Phi) is 3.63. The number of hydrogen-bond acceptors (Lipinski definition) is 0. The summed E-state index contributed by atoms with van der Waals surface area (Å²) in [5, 5.41) is 0. The quantitative estimate of drug-likeness (QED) is 0.442. The van der Waals surface area contributed by atoms with E-state index in [0.717, 1.165) is 16.7 Å². The lowest BCUT2D eigenvalue weighted by Gasteiger charge is -2.22. The van der Waals surface area contributed by atoms with Crippen LogP contribution in [0.1, 0.15) is 51.3 Å². The molecule has 0 unspecified atom stereocenters. The van der Waals surface area contributed by atoms with E-state index in [9.17, 15) is 4.39 Å². The highest BCUT2D eigenvalue weighted by atomic mass is 19.1. The van der Waals surface area contributed by atoms with Crippen molar-refractivity contribution in [3.8, 4) is 22.3 Å². The molecule has 0 fully saturated rings. The van der Waals surface area contributed by atoms with E-state index in [1.807, 2.05) is 0 Å². The molecule has 0 saturated heterocycles. The second-order valence-electron chi connectivity index (χ2n) is 8.88. The molecule has 0 aliphatic heterocycles. The van der Waals surface area contributed by atoms with Crippen LogP contribution in [0, 0.1) is 5.82 Å². The monoisotopic (exact) mass is 344 g/mol. The van der Waals surface area contributed by atoms with Gasteiger partial charge in [-0.3, -0.25) is 0 Å². The van der Waals surface area contributed by atoms with Crippen molar-refractivity contribution in [3.05, 3.63) is 83.2 Å². The molecule has 132 valence electrons. The van der Waals surface area contributed by atoms with E-state index in [2.05, 4.69) is 83.1 Å². The summed E-state index contributed by atoms with van der Waals surface area (Å²) in [5.41, 5.74) is 8.14. The van der Waals surface area contributed by atoms with E-state index in [4.69, 9.17) is 0 Å². The predicted octanol–water partition coefficient (Wildman–Crippen LogP) is 7.10. The summed E-state index contributed by atoms with van der Waals surface area (Å²) in [6, 6.07) is 20.5. The molecule has 3 aromatic carbocycles. The van der Waals surface area contributed by atoms with Gasteiger partial charge in [-0.05, 0) is 56.5 Å². The summed E-state index contributed by atoms with van der Waals surface area (Å²) in [5.74, 6) is -0.171. The maximum Gasteiger partial charge on any atom is 0.124 e. The number of halogens is 1. The fourth-order valence-electron chi connectivity index (χ4n) is 4.17. The maximum absolute atomic E-state index is 14.4. The van der Waals surface area contributed by atoms with Crippen molar-refractivity contribution in [2.24, 2.45) is 0 Å². The van der Waals surface area contributed by atoms with Crippen LogP contribution in [0.5, 0.6) is 0 Å². The Morgan fingerprint density at radius 2 is 1.42 bits per heavy atom. The topological polar surface area (TPSA) is 0 Å². The first-order chi connectivity index (χ1) is 12.2. The van der Waals surface area contributed by atoms with Crippen molar-refractivity contribution < 1.29 is 4.39 Å². The van der Waals surface area contributed by atoms with Gasteiger partial charge in [-0.15, -0.1) is 0 Å². The number of hydrogen-bond donors (Lipinski definition) is 0. The Bertz CT molecular complexity index is 1000. The van der Waals surface area contributed by atoms with Crippen LogP contribution >= 0.6 is 0 Å². The van der Waals surface area contributed by atoms with Gasteiger partial charge in [-0.25, -0.2) is 4.39 Å². The summed E-state index contributed by atoms with van der Waals surface area (Å²) in [7, 11) is 0. The van der Waals surface area contributed by atoms with Crippen LogP contribution in [-0.4, -0.2) is 0 Å². The minimum atomic E-state index is -0.171. The van der Waals surface area contributed by atoms with Gasteiger partial charge in [0, 0.05) is 5.41 Å². The molecule has 0 bridgehead atoms. The highest BCUT2D eigenvalue weighted by Crippen LogP contribution is 2.52. The van der Waals surface area contributed by atoms with E-state index in [1.54, 1.807) is 12.1 Å². The van der Waals surface area contributed by atoms with Crippen molar-refractivity contribution in [1.29, 1.82) is 0 Å². The summed E-state index contributed by atoms with van der Waals surface area (Å²) in [6.45, 7) is 10.9. The van der Waals surface area contributed by atoms with E-state index < -0.39 is 0 Å². The molecular formula is C25H25F. The van der Waals surface area contributed by atoms with Gasteiger partial charge in [-0.2, -0.15) is 0 Å². The van der Waals surface area contributed by atoms with Gasteiger partial charge < -0.3 is 0 Å². The summed E-state index contributed by atoms with van der Waals surface area (Å²) in [4.78, 5) is 0. The van der Waals surface area contributed by atoms with Gasteiger partial charge in [0.05, 0.1) is 0 Å². The summed E-state index contributed by atoms with van der Waals surface area (Å²) in [6.07, 6.45) is 0. The van der Waals surface area contributed by atoms with Crippen molar-refractivity contribution in [3.63, 3.8) is 0 Å². The third kappa shape index (κ3) is 2.49. The van der Waals surface area contributed by atoms with Crippen LogP contribution in [0.2, 0.25) is 0 Å². The van der Waals surface area contributed by atoms with Gasteiger partial charge in [0.15, 0.2) is 0 Å². The average molecular weight is 344 g/mol. The smallest absolute Gasteiger partial charge is 0.124 e. The van der Waals surface area contributed by atoms with Crippen molar-refractivity contribution in [2.75, 3.05) is 0 Å². The van der Waals surface area contributed by atoms with Crippen LogP contribution in [0.15, 0.2) is 60.7 Å². The Balaban J connectivity index is 2.02. The van der Waals surface area contributed by atoms with Gasteiger partial charge in [0.1, 0.15) is 5.82 Å². The van der Waals surface area contributed by atoms with Gasteiger partial charge in [0.2, 0.25) is 0 Å². The predicted molar refractivity (Wildman–Crippen MR) is 108 cm³/mol. The number of benzene rings is 3. The Morgan fingerprint density at radius 1 is 0.769 bits per heavy atom. The highest BCUT2D eigenvalue weighted by molar-refractivity contribution is 5.92. The highest BCUT2D eigenvalue weighted by Gasteiger charge is 2.36. The van der Waals surface area contributed by atoms with E-state index in [1.165, 1.54) is 22.3 Å². The second-order valence-corrected chi connectivity index (χ2v) is 8.88. The molecule has 1 aliphatic rings. The summed E-state index contributed by atoms with van der Waals surface area (Å²) < 4.78 is 14.4.